The third-order valence-corrected chi connectivity index (χ3v) is 5.04. The molecule has 2 aromatic carbocycles. The number of nitrogens with one attached hydrogen (secondary N) is 2. The van der Waals surface area contributed by atoms with Gasteiger partial charge in [-0.05, 0) is 43.3 Å². The van der Waals surface area contributed by atoms with Gasteiger partial charge in [0.15, 0.2) is 0 Å². The van der Waals surface area contributed by atoms with E-state index in [1.807, 2.05) is 0 Å². The zero-order chi connectivity index (χ0) is 18.7. The molecular formula is C18H13ClFN3O2S. The number of nitrogens with zero attached hydrogens (tertiary/aromatic N) is 1. The average Bonchev–Trinajstić information content (AvgIpc) is 3.02. The zero-order valence-corrected chi connectivity index (χ0v) is 15.1. The highest BCUT2D eigenvalue weighted by atomic mass is 35.5. The van der Waals surface area contributed by atoms with Gasteiger partial charge in [0.05, 0.1) is 16.3 Å². The van der Waals surface area contributed by atoms with Gasteiger partial charge in [-0.25, -0.2) is 9.37 Å². The lowest BCUT2D eigenvalue weighted by Gasteiger charge is -2.07. The smallest absolute Gasteiger partial charge is 0.267 e. The van der Waals surface area contributed by atoms with Crippen molar-refractivity contribution in [1.82, 2.24) is 15.8 Å². The number of benzene rings is 2. The highest BCUT2D eigenvalue weighted by Crippen LogP contribution is 2.28. The predicted molar refractivity (Wildman–Crippen MR) is 98.6 cm³/mol. The Hall–Kier alpha value is -2.77. The highest BCUT2D eigenvalue weighted by molar-refractivity contribution is 7.17. The molecule has 1 heterocycles. The molecule has 0 radical (unpaired) electrons. The number of aromatic nitrogens is 1. The summed E-state index contributed by atoms with van der Waals surface area (Å²) in [5.41, 5.74) is 6.15. The van der Waals surface area contributed by atoms with E-state index in [0.29, 0.717) is 21.1 Å². The van der Waals surface area contributed by atoms with Crippen LogP contribution in [0.15, 0.2) is 48.5 Å². The van der Waals surface area contributed by atoms with Crippen LogP contribution >= 0.6 is 22.9 Å². The van der Waals surface area contributed by atoms with Gasteiger partial charge in [0.1, 0.15) is 15.7 Å². The minimum atomic E-state index is -0.523. The number of carbonyl (C=O) groups excluding carboxylic acids is 2. The van der Waals surface area contributed by atoms with E-state index >= 15 is 0 Å². The van der Waals surface area contributed by atoms with Crippen LogP contribution in [0.3, 0.4) is 0 Å². The van der Waals surface area contributed by atoms with Crippen LogP contribution in [0.4, 0.5) is 4.39 Å². The number of thiazole rings is 1. The minimum Gasteiger partial charge on any atom is -0.267 e. The SMILES string of the molecule is Cc1nc(-c2ccc(F)cc2)sc1C(=O)NNC(=O)c1ccccc1Cl. The lowest BCUT2D eigenvalue weighted by atomic mass is 10.2. The molecule has 2 amide bonds. The first-order chi connectivity index (χ1) is 12.5. The summed E-state index contributed by atoms with van der Waals surface area (Å²) >= 11 is 7.10. The number of aryl methyl sites for hydroxylation is 1. The molecule has 0 aliphatic carbocycles. The molecule has 0 saturated heterocycles. The Morgan fingerprint density at radius 1 is 1.04 bits per heavy atom. The molecule has 2 N–H and O–H groups in total. The summed E-state index contributed by atoms with van der Waals surface area (Å²) in [6, 6.07) is 12.4. The van der Waals surface area contributed by atoms with Crippen LogP contribution in [-0.2, 0) is 0 Å². The first-order valence-electron chi connectivity index (χ1n) is 7.54. The number of hydrogen-bond acceptors (Lipinski definition) is 4. The molecule has 8 heteroatoms. The van der Waals surface area contributed by atoms with Crippen molar-refractivity contribution < 1.29 is 14.0 Å². The van der Waals surface area contributed by atoms with E-state index in [9.17, 15) is 14.0 Å². The predicted octanol–water partition coefficient (Wildman–Crippen LogP) is 3.99. The van der Waals surface area contributed by atoms with Crippen molar-refractivity contribution in [3.63, 3.8) is 0 Å². The fourth-order valence-corrected chi connectivity index (χ4v) is 3.39. The number of hydrazine groups is 1. The summed E-state index contributed by atoms with van der Waals surface area (Å²) in [7, 11) is 0. The second kappa shape index (κ2) is 7.63. The fraction of sp³-hybridized carbons (Fsp3) is 0.0556. The van der Waals surface area contributed by atoms with E-state index in [-0.39, 0.29) is 16.4 Å². The van der Waals surface area contributed by atoms with Crippen molar-refractivity contribution >= 4 is 34.8 Å². The normalized spacial score (nSPS) is 10.4. The lowest BCUT2D eigenvalue weighted by Crippen LogP contribution is -2.41. The standard InChI is InChI=1S/C18H13ClFN3O2S/c1-10-15(26-18(21-10)11-6-8-12(20)9-7-11)17(25)23-22-16(24)13-4-2-3-5-14(13)19/h2-9H,1H3,(H,22,24)(H,23,25). The van der Waals surface area contributed by atoms with Crippen LogP contribution in [0, 0.1) is 12.7 Å². The van der Waals surface area contributed by atoms with E-state index in [1.54, 1.807) is 43.3 Å². The summed E-state index contributed by atoms with van der Waals surface area (Å²) in [5, 5.41) is 0.872. The summed E-state index contributed by atoms with van der Waals surface area (Å²) in [4.78, 5) is 29.1. The molecule has 0 fully saturated rings. The first-order valence-corrected chi connectivity index (χ1v) is 8.73. The quantitative estimate of drug-likeness (QED) is 0.665. The third-order valence-electron chi connectivity index (χ3n) is 3.50. The topological polar surface area (TPSA) is 71.1 Å². The van der Waals surface area contributed by atoms with E-state index < -0.39 is 11.8 Å². The van der Waals surface area contributed by atoms with Crippen LogP contribution in [0.1, 0.15) is 25.7 Å². The minimum absolute atomic E-state index is 0.252. The number of hydrogen-bond donors (Lipinski definition) is 2. The zero-order valence-electron chi connectivity index (χ0n) is 13.5. The van der Waals surface area contributed by atoms with E-state index in [4.69, 9.17) is 11.6 Å². The van der Waals surface area contributed by atoms with Crippen LogP contribution in [0.5, 0.6) is 0 Å². The Kier molecular flexibility index (Phi) is 5.29. The first kappa shape index (κ1) is 18.0. The number of carbonyl (C=O) groups is 2. The van der Waals surface area contributed by atoms with Crippen molar-refractivity contribution in [2.24, 2.45) is 0 Å². The maximum Gasteiger partial charge on any atom is 0.281 e. The number of rotatable bonds is 3. The van der Waals surface area contributed by atoms with Gasteiger partial charge in [-0.15, -0.1) is 11.3 Å². The Bertz CT molecular complexity index is 973. The van der Waals surface area contributed by atoms with Gasteiger partial charge in [-0.1, -0.05) is 23.7 Å². The molecule has 132 valence electrons. The van der Waals surface area contributed by atoms with E-state index in [1.165, 1.54) is 12.1 Å². The Labute approximate surface area is 157 Å². The van der Waals surface area contributed by atoms with Crippen molar-refractivity contribution in [2.75, 3.05) is 0 Å². The van der Waals surface area contributed by atoms with Gasteiger partial charge >= 0.3 is 0 Å². The van der Waals surface area contributed by atoms with Gasteiger partial charge in [0.25, 0.3) is 11.8 Å². The Morgan fingerprint density at radius 2 is 1.69 bits per heavy atom. The molecule has 0 aliphatic heterocycles. The van der Waals surface area contributed by atoms with Crippen molar-refractivity contribution in [1.29, 1.82) is 0 Å². The maximum atomic E-state index is 13.0. The van der Waals surface area contributed by atoms with Crippen molar-refractivity contribution in [3.05, 3.63) is 75.5 Å². The average molecular weight is 390 g/mol. The lowest BCUT2D eigenvalue weighted by molar-refractivity contribution is 0.0848. The van der Waals surface area contributed by atoms with Gasteiger partial charge in [-0.3, -0.25) is 20.4 Å². The van der Waals surface area contributed by atoms with E-state index in [0.717, 1.165) is 11.3 Å². The van der Waals surface area contributed by atoms with Crippen LogP contribution in [0.2, 0.25) is 5.02 Å². The summed E-state index contributed by atoms with van der Waals surface area (Å²) < 4.78 is 13.0. The van der Waals surface area contributed by atoms with Crippen LogP contribution < -0.4 is 10.9 Å². The molecule has 3 aromatic rings. The largest absolute Gasteiger partial charge is 0.281 e. The molecule has 0 saturated carbocycles. The fourth-order valence-electron chi connectivity index (χ4n) is 2.21. The Morgan fingerprint density at radius 3 is 2.38 bits per heavy atom. The van der Waals surface area contributed by atoms with Crippen LogP contribution in [-0.4, -0.2) is 16.8 Å². The monoisotopic (exact) mass is 389 g/mol. The molecule has 0 aliphatic rings. The molecular weight excluding hydrogens is 377 g/mol. The molecule has 0 bridgehead atoms. The number of amides is 2. The molecule has 0 atom stereocenters. The van der Waals surface area contributed by atoms with Crippen molar-refractivity contribution in [2.45, 2.75) is 6.92 Å². The molecule has 0 unspecified atom stereocenters. The number of halogens is 2. The Balaban J connectivity index is 1.71. The van der Waals surface area contributed by atoms with Gasteiger partial charge < -0.3 is 0 Å². The molecule has 1 aromatic heterocycles. The molecule has 26 heavy (non-hydrogen) atoms. The molecule has 3 rings (SSSR count). The highest BCUT2D eigenvalue weighted by Gasteiger charge is 2.17. The molecule has 0 spiro atoms. The maximum absolute atomic E-state index is 13.0. The summed E-state index contributed by atoms with van der Waals surface area (Å²) in [6.45, 7) is 1.69. The van der Waals surface area contributed by atoms with Gasteiger partial charge in [-0.2, -0.15) is 0 Å². The van der Waals surface area contributed by atoms with Crippen LogP contribution in [0.25, 0.3) is 10.6 Å². The summed E-state index contributed by atoms with van der Waals surface area (Å²) in [6.07, 6.45) is 0. The van der Waals surface area contributed by atoms with E-state index in [2.05, 4.69) is 15.8 Å². The van der Waals surface area contributed by atoms with Gasteiger partial charge in [0, 0.05) is 5.56 Å². The third kappa shape index (κ3) is 3.89. The second-order valence-corrected chi connectivity index (χ2v) is 6.73. The molecule has 5 nitrogen and oxygen atoms in total. The summed E-state index contributed by atoms with van der Waals surface area (Å²) in [5.74, 6) is -1.36. The second-order valence-electron chi connectivity index (χ2n) is 5.33. The van der Waals surface area contributed by atoms with Gasteiger partial charge in [0.2, 0.25) is 0 Å². The van der Waals surface area contributed by atoms with Crippen molar-refractivity contribution in [3.8, 4) is 10.6 Å².